The molecule has 0 aliphatic rings. The standard InChI is InChI=1S/C20H24I2N2/c1-3-5-7-15-9-11-19(17(21)13-15)23-24-20-12-10-16(8-6-4-2)14-18(20)22/h9-14H,3-8H2,1-2H3. The Kier molecular flexibility index (Phi) is 8.66. The summed E-state index contributed by atoms with van der Waals surface area (Å²) in [5, 5.41) is 8.93. The Morgan fingerprint density at radius 2 is 1.12 bits per heavy atom. The van der Waals surface area contributed by atoms with Crippen LogP contribution < -0.4 is 0 Å². The molecule has 2 nitrogen and oxygen atoms in total. The second-order valence-electron chi connectivity index (χ2n) is 5.98. The van der Waals surface area contributed by atoms with Gasteiger partial charge in [-0.2, -0.15) is 0 Å². The number of nitrogens with zero attached hydrogens (tertiary/aromatic N) is 2. The van der Waals surface area contributed by atoms with E-state index < -0.39 is 0 Å². The average Bonchev–Trinajstić information content (AvgIpc) is 2.58. The minimum atomic E-state index is 0.946. The minimum absolute atomic E-state index is 0.946. The Morgan fingerprint density at radius 1 is 0.708 bits per heavy atom. The third-order valence-corrected chi connectivity index (χ3v) is 5.66. The van der Waals surface area contributed by atoms with Gasteiger partial charge in [-0.15, -0.1) is 10.2 Å². The lowest BCUT2D eigenvalue weighted by atomic mass is 10.1. The molecule has 0 amide bonds. The smallest absolute Gasteiger partial charge is 0.0990 e. The third-order valence-electron chi connectivity index (χ3n) is 3.93. The van der Waals surface area contributed by atoms with Crippen molar-refractivity contribution in [3.8, 4) is 0 Å². The van der Waals surface area contributed by atoms with Gasteiger partial charge in [-0.3, -0.25) is 0 Å². The summed E-state index contributed by atoms with van der Waals surface area (Å²) in [6.07, 6.45) is 7.20. The van der Waals surface area contributed by atoms with Crippen molar-refractivity contribution in [2.45, 2.75) is 52.4 Å². The molecule has 0 aliphatic carbocycles. The van der Waals surface area contributed by atoms with Crippen LogP contribution in [0.4, 0.5) is 11.4 Å². The molecule has 0 N–H and O–H groups in total. The normalized spacial score (nSPS) is 11.3. The number of halogens is 2. The van der Waals surface area contributed by atoms with Gasteiger partial charge in [0.15, 0.2) is 0 Å². The van der Waals surface area contributed by atoms with Gasteiger partial charge in [-0.25, -0.2) is 0 Å². The fourth-order valence-electron chi connectivity index (χ4n) is 2.44. The predicted molar refractivity (Wildman–Crippen MR) is 120 cm³/mol. The van der Waals surface area contributed by atoms with Gasteiger partial charge in [0.25, 0.3) is 0 Å². The topological polar surface area (TPSA) is 24.7 Å². The quantitative estimate of drug-likeness (QED) is 0.237. The van der Waals surface area contributed by atoms with Crippen LogP contribution in [-0.2, 0) is 12.8 Å². The van der Waals surface area contributed by atoms with Gasteiger partial charge in [0.2, 0.25) is 0 Å². The van der Waals surface area contributed by atoms with Crippen LogP contribution in [0.15, 0.2) is 46.6 Å². The SMILES string of the molecule is CCCCc1ccc(N=Nc2ccc(CCCC)cc2I)c(I)c1. The van der Waals surface area contributed by atoms with Crippen LogP contribution in [0.1, 0.15) is 50.7 Å². The molecular formula is C20H24I2N2. The first-order valence-corrected chi connectivity index (χ1v) is 10.8. The molecule has 4 heteroatoms. The lowest BCUT2D eigenvalue weighted by molar-refractivity contribution is 0.794. The first-order chi connectivity index (χ1) is 11.6. The van der Waals surface area contributed by atoms with E-state index in [2.05, 4.69) is 106 Å². The van der Waals surface area contributed by atoms with E-state index >= 15 is 0 Å². The van der Waals surface area contributed by atoms with E-state index in [9.17, 15) is 0 Å². The minimum Gasteiger partial charge on any atom is -0.149 e. The van der Waals surface area contributed by atoms with Crippen LogP contribution in [0.5, 0.6) is 0 Å². The van der Waals surface area contributed by atoms with Crippen molar-refractivity contribution in [2.24, 2.45) is 10.2 Å². The molecule has 2 rings (SSSR count). The molecule has 0 aliphatic heterocycles. The van der Waals surface area contributed by atoms with Crippen LogP contribution in [-0.4, -0.2) is 0 Å². The highest BCUT2D eigenvalue weighted by Gasteiger charge is 2.03. The Bertz CT molecular complexity index is 637. The van der Waals surface area contributed by atoms with Crippen LogP contribution in [0.3, 0.4) is 0 Å². The highest BCUT2D eigenvalue weighted by molar-refractivity contribution is 14.1. The average molecular weight is 546 g/mol. The zero-order valence-electron chi connectivity index (χ0n) is 14.4. The molecule has 2 aromatic carbocycles. The zero-order valence-corrected chi connectivity index (χ0v) is 18.7. The largest absolute Gasteiger partial charge is 0.149 e. The molecular weight excluding hydrogens is 522 g/mol. The summed E-state index contributed by atoms with van der Waals surface area (Å²) < 4.78 is 2.33. The number of azo groups is 1. The molecule has 0 bridgehead atoms. The molecule has 0 saturated carbocycles. The van der Waals surface area contributed by atoms with Gasteiger partial charge in [0, 0.05) is 7.14 Å². The summed E-state index contributed by atoms with van der Waals surface area (Å²) in [4.78, 5) is 0. The lowest BCUT2D eigenvalue weighted by Crippen LogP contribution is -1.86. The molecule has 0 fully saturated rings. The van der Waals surface area contributed by atoms with Crippen molar-refractivity contribution in [1.82, 2.24) is 0 Å². The molecule has 0 aromatic heterocycles. The summed E-state index contributed by atoms with van der Waals surface area (Å²) in [5.41, 5.74) is 4.66. The highest BCUT2D eigenvalue weighted by atomic mass is 127. The van der Waals surface area contributed by atoms with Crippen LogP contribution in [0.2, 0.25) is 0 Å². The van der Waals surface area contributed by atoms with Crippen molar-refractivity contribution in [1.29, 1.82) is 0 Å². The van der Waals surface area contributed by atoms with Gasteiger partial charge in [0.05, 0.1) is 11.4 Å². The molecule has 0 heterocycles. The first-order valence-electron chi connectivity index (χ1n) is 8.62. The number of aryl methyl sites for hydroxylation is 2. The van der Waals surface area contributed by atoms with E-state index in [1.165, 1.54) is 44.0 Å². The van der Waals surface area contributed by atoms with Crippen molar-refractivity contribution >= 4 is 56.6 Å². The molecule has 0 radical (unpaired) electrons. The van der Waals surface area contributed by atoms with Crippen molar-refractivity contribution in [3.63, 3.8) is 0 Å². The summed E-state index contributed by atoms with van der Waals surface area (Å²) >= 11 is 4.71. The summed E-state index contributed by atoms with van der Waals surface area (Å²) in [7, 11) is 0. The molecule has 0 unspecified atom stereocenters. The van der Waals surface area contributed by atoms with Crippen LogP contribution >= 0.6 is 45.2 Å². The summed E-state index contributed by atoms with van der Waals surface area (Å²) in [6.45, 7) is 4.45. The van der Waals surface area contributed by atoms with Crippen molar-refractivity contribution < 1.29 is 0 Å². The maximum Gasteiger partial charge on any atom is 0.0990 e. The summed E-state index contributed by atoms with van der Waals surface area (Å²) in [6, 6.07) is 13.0. The monoisotopic (exact) mass is 546 g/mol. The number of unbranched alkanes of at least 4 members (excludes halogenated alkanes) is 2. The molecule has 0 atom stereocenters. The third kappa shape index (κ3) is 6.10. The molecule has 2 aromatic rings. The van der Waals surface area contributed by atoms with E-state index in [4.69, 9.17) is 0 Å². The zero-order chi connectivity index (χ0) is 17.4. The van der Waals surface area contributed by atoms with Gasteiger partial charge in [-0.05, 0) is 106 Å². The fourth-order valence-corrected chi connectivity index (χ4v) is 3.82. The predicted octanol–water partition coefficient (Wildman–Crippen LogP) is 8.00. The Labute approximate surface area is 172 Å². The lowest BCUT2D eigenvalue weighted by Gasteiger charge is -2.04. The number of hydrogen-bond donors (Lipinski definition) is 0. The van der Waals surface area contributed by atoms with Crippen LogP contribution in [0.25, 0.3) is 0 Å². The first kappa shape index (κ1) is 19.8. The molecule has 0 spiro atoms. The van der Waals surface area contributed by atoms with Crippen LogP contribution in [0, 0.1) is 7.14 Å². The molecule has 24 heavy (non-hydrogen) atoms. The number of hydrogen-bond acceptors (Lipinski definition) is 2. The van der Waals surface area contributed by atoms with Crippen molar-refractivity contribution in [2.75, 3.05) is 0 Å². The number of rotatable bonds is 8. The van der Waals surface area contributed by atoms with Crippen molar-refractivity contribution in [3.05, 3.63) is 54.7 Å². The van der Waals surface area contributed by atoms with Gasteiger partial charge >= 0.3 is 0 Å². The van der Waals surface area contributed by atoms with E-state index in [0.29, 0.717) is 0 Å². The van der Waals surface area contributed by atoms with E-state index in [-0.39, 0.29) is 0 Å². The second kappa shape index (κ2) is 10.5. The van der Waals surface area contributed by atoms with E-state index in [1.807, 2.05) is 0 Å². The molecule has 0 saturated heterocycles. The van der Waals surface area contributed by atoms with Gasteiger partial charge in [0.1, 0.15) is 0 Å². The summed E-state index contributed by atoms with van der Waals surface area (Å²) in [5.74, 6) is 0. The Balaban J connectivity index is 2.10. The van der Waals surface area contributed by atoms with Gasteiger partial charge in [-0.1, -0.05) is 38.8 Å². The maximum atomic E-state index is 4.46. The Morgan fingerprint density at radius 3 is 1.46 bits per heavy atom. The van der Waals surface area contributed by atoms with E-state index in [1.54, 1.807) is 0 Å². The van der Waals surface area contributed by atoms with E-state index in [0.717, 1.165) is 24.2 Å². The number of benzene rings is 2. The Hall–Kier alpha value is -0.500. The fraction of sp³-hybridized carbons (Fsp3) is 0.400. The second-order valence-corrected chi connectivity index (χ2v) is 8.30. The molecule has 128 valence electrons. The van der Waals surface area contributed by atoms with Gasteiger partial charge < -0.3 is 0 Å². The maximum absolute atomic E-state index is 4.46. The highest BCUT2D eigenvalue weighted by Crippen LogP contribution is 2.28.